The highest BCUT2D eigenvalue weighted by atomic mass is 32.2. The van der Waals surface area contributed by atoms with Crippen LogP contribution in [0.5, 0.6) is 0 Å². The van der Waals surface area contributed by atoms with Gasteiger partial charge in [0, 0.05) is 39.3 Å². The number of nitrogens with one attached hydrogen (secondary N) is 1. The van der Waals surface area contributed by atoms with Crippen molar-refractivity contribution in [3.63, 3.8) is 0 Å². The first-order chi connectivity index (χ1) is 16.3. The zero-order chi connectivity index (χ0) is 24.1. The van der Waals surface area contributed by atoms with Gasteiger partial charge in [-0.2, -0.15) is 0 Å². The number of anilines is 2. The number of nitro groups is 1. The maximum atomic E-state index is 11.9. The van der Waals surface area contributed by atoms with E-state index in [0.717, 1.165) is 25.2 Å². The Morgan fingerprint density at radius 2 is 1.65 bits per heavy atom. The minimum atomic E-state index is -3.78. The van der Waals surface area contributed by atoms with E-state index in [2.05, 4.69) is 32.3 Å². The number of rotatable bonds is 8. The van der Waals surface area contributed by atoms with E-state index in [9.17, 15) is 18.5 Å². The van der Waals surface area contributed by atoms with Gasteiger partial charge in [-0.3, -0.25) is 15.0 Å². The van der Waals surface area contributed by atoms with Crippen molar-refractivity contribution in [3.05, 3.63) is 82.2 Å². The zero-order valence-corrected chi connectivity index (χ0v) is 19.2. The molecular formula is C22H25N7O4S. The lowest BCUT2D eigenvalue weighted by molar-refractivity contribution is -0.383. The number of nitrogens with zero attached hydrogens (tertiary/aromatic N) is 5. The summed E-state index contributed by atoms with van der Waals surface area (Å²) in [7, 11) is -3.78. The van der Waals surface area contributed by atoms with Gasteiger partial charge in [0.25, 0.3) is 0 Å². The second-order valence-corrected chi connectivity index (χ2v) is 9.50. The minimum absolute atomic E-state index is 0.00189. The van der Waals surface area contributed by atoms with E-state index < -0.39 is 14.9 Å². The van der Waals surface area contributed by atoms with Gasteiger partial charge < -0.3 is 10.2 Å². The van der Waals surface area contributed by atoms with Crippen LogP contribution < -0.4 is 15.4 Å². The quantitative estimate of drug-likeness (QED) is 0.362. The third-order valence-corrected chi connectivity index (χ3v) is 6.55. The Bertz CT molecular complexity index is 1250. The number of nitrogens with two attached hydrogens (primary N) is 1. The molecule has 0 unspecified atom stereocenters. The molecule has 0 aliphatic carbocycles. The van der Waals surface area contributed by atoms with Gasteiger partial charge in [0.15, 0.2) is 0 Å². The molecule has 1 fully saturated rings. The highest BCUT2D eigenvalue weighted by Gasteiger charge is 2.29. The lowest BCUT2D eigenvalue weighted by atomic mass is 10.2. The van der Waals surface area contributed by atoms with E-state index in [-0.39, 0.29) is 28.8 Å². The standard InChI is InChI=1S/C22H25N7O4S/c23-34(32,33)19-8-6-17(7-9-19)14-24-21-20(29(30)31)22(26-16-25-21)28-12-10-27(11-13-28)15-18-4-2-1-3-5-18/h1-9,16H,10-15H2,(H2,23,32,33)(H,24,25,26). The van der Waals surface area contributed by atoms with Gasteiger partial charge in [0.05, 0.1) is 9.82 Å². The molecule has 0 bridgehead atoms. The number of hydrogen-bond donors (Lipinski definition) is 2. The molecule has 1 aliphatic heterocycles. The largest absolute Gasteiger partial charge is 0.360 e. The predicted molar refractivity (Wildman–Crippen MR) is 128 cm³/mol. The Morgan fingerprint density at radius 1 is 0.971 bits per heavy atom. The Balaban J connectivity index is 1.44. The van der Waals surface area contributed by atoms with E-state index >= 15 is 0 Å². The molecule has 2 aromatic carbocycles. The Kier molecular flexibility index (Phi) is 7.01. The molecule has 1 aromatic heterocycles. The monoisotopic (exact) mass is 483 g/mol. The third kappa shape index (κ3) is 5.65. The summed E-state index contributed by atoms with van der Waals surface area (Å²) < 4.78 is 22.8. The fraction of sp³-hybridized carbons (Fsp3) is 0.273. The van der Waals surface area contributed by atoms with Gasteiger partial charge in [-0.1, -0.05) is 42.5 Å². The average molecular weight is 484 g/mol. The smallest absolute Gasteiger partial charge is 0.353 e. The number of hydrogen-bond acceptors (Lipinski definition) is 9. The topological polar surface area (TPSA) is 148 Å². The molecule has 0 amide bonds. The van der Waals surface area contributed by atoms with Gasteiger partial charge in [0.2, 0.25) is 21.7 Å². The molecule has 12 heteroatoms. The SMILES string of the molecule is NS(=O)(=O)c1ccc(CNc2ncnc(N3CCN(Cc4ccccc4)CC3)c2[N+](=O)[O-])cc1. The summed E-state index contributed by atoms with van der Waals surface area (Å²) in [5.74, 6) is 0.392. The number of sulfonamides is 1. The predicted octanol–water partition coefficient (Wildman–Crippen LogP) is 1.97. The van der Waals surface area contributed by atoms with Crippen LogP contribution in [0.25, 0.3) is 0 Å². The van der Waals surface area contributed by atoms with Crippen molar-refractivity contribution in [2.45, 2.75) is 18.0 Å². The number of primary sulfonamides is 1. The van der Waals surface area contributed by atoms with Gasteiger partial charge >= 0.3 is 5.69 Å². The van der Waals surface area contributed by atoms with Crippen molar-refractivity contribution in [1.29, 1.82) is 0 Å². The summed E-state index contributed by atoms with van der Waals surface area (Å²) in [6.07, 6.45) is 1.31. The van der Waals surface area contributed by atoms with Crippen molar-refractivity contribution in [2.75, 3.05) is 36.4 Å². The Labute approximate surface area is 197 Å². The van der Waals surface area contributed by atoms with Crippen LogP contribution in [0.1, 0.15) is 11.1 Å². The second-order valence-electron chi connectivity index (χ2n) is 7.94. The van der Waals surface area contributed by atoms with E-state index in [0.29, 0.717) is 13.1 Å². The molecule has 0 atom stereocenters. The first-order valence-corrected chi connectivity index (χ1v) is 12.2. The molecule has 11 nitrogen and oxygen atoms in total. The highest BCUT2D eigenvalue weighted by Crippen LogP contribution is 2.32. The van der Waals surface area contributed by atoms with Crippen LogP contribution in [0.15, 0.2) is 65.8 Å². The Hall–Kier alpha value is -3.61. The van der Waals surface area contributed by atoms with E-state index in [1.165, 1.54) is 24.0 Å². The van der Waals surface area contributed by atoms with Crippen molar-refractivity contribution in [1.82, 2.24) is 14.9 Å². The molecule has 3 N–H and O–H groups in total. The second kappa shape index (κ2) is 10.1. The lowest BCUT2D eigenvalue weighted by Crippen LogP contribution is -2.46. The fourth-order valence-electron chi connectivity index (χ4n) is 3.84. The zero-order valence-electron chi connectivity index (χ0n) is 18.4. The summed E-state index contributed by atoms with van der Waals surface area (Å²) in [6, 6.07) is 16.1. The molecule has 178 valence electrons. The van der Waals surface area contributed by atoms with E-state index in [1.54, 1.807) is 12.1 Å². The van der Waals surface area contributed by atoms with Gasteiger partial charge in [-0.25, -0.2) is 23.5 Å². The molecule has 1 saturated heterocycles. The van der Waals surface area contributed by atoms with Crippen molar-refractivity contribution in [2.24, 2.45) is 5.14 Å². The summed E-state index contributed by atoms with van der Waals surface area (Å²) in [5.41, 5.74) is 1.77. The lowest BCUT2D eigenvalue weighted by Gasteiger charge is -2.35. The summed E-state index contributed by atoms with van der Waals surface area (Å²) in [6.45, 7) is 3.79. The maximum absolute atomic E-state index is 11.9. The van der Waals surface area contributed by atoms with Crippen molar-refractivity contribution in [3.8, 4) is 0 Å². The molecule has 4 rings (SSSR count). The first-order valence-electron chi connectivity index (χ1n) is 10.7. The van der Waals surface area contributed by atoms with Crippen LogP contribution in [-0.2, 0) is 23.1 Å². The van der Waals surface area contributed by atoms with Crippen molar-refractivity contribution < 1.29 is 13.3 Å². The summed E-state index contributed by atoms with van der Waals surface area (Å²) >= 11 is 0. The van der Waals surface area contributed by atoms with Gasteiger partial charge in [0.1, 0.15) is 6.33 Å². The highest BCUT2D eigenvalue weighted by molar-refractivity contribution is 7.89. The third-order valence-electron chi connectivity index (χ3n) is 5.62. The van der Waals surface area contributed by atoms with Crippen LogP contribution in [0, 0.1) is 10.1 Å². The first kappa shape index (κ1) is 23.5. The molecule has 0 radical (unpaired) electrons. The number of benzene rings is 2. The van der Waals surface area contributed by atoms with Crippen molar-refractivity contribution >= 4 is 27.3 Å². The fourth-order valence-corrected chi connectivity index (χ4v) is 4.36. The van der Waals surface area contributed by atoms with Crippen LogP contribution >= 0.6 is 0 Å². The van der Waals surface area contributed by atoms with E-state index in [1.807, 2.05) is 23.1 Å². The summed E-state index contributed by atoms with van der Waals surface area (Å²) in [4.78, 5) is 24.0. The molecule has 2 heterocycles. The number of piperazine rings is 1. The average Bonchev–Trinajstić information content (AvgIpc) is 2.83. The summed E-state index contributed by atoms with van der Waals surface area (Å²) in [5, 5.41) is 20.0. The van der Waals surface area contributed by atoms with Crippen LogP contribution in [0.3, 0.4) is 0 Å². The number of aromatic nitrogens is 2. The van der Waals surface area contributed by atoms with Crippen LogP contribution in [0.4, 0.5) is 17.3 Å². The molecule has 0 saturated carbocycles. The van der Waals surface area contributed by atoms with Crippen LogP contribution in [0.2, 0.25) is 0 Å². The maximum Gasteiger partial charge on any atom is 0.353 e. The molecule has 3 aromatic rings. The Morgan fingerprint density at radius 3 is 2.26 bits per heavy atom. The van der Waals surface area contributed by atoms with Gasteiger partial charge in [-0.15, -0.1) is 0 Å². The van der Waals surface area contributed by atoms with Gasteiger partial charge in [-0.05, 0) is 23.3 Å². The normalized spacial score (nSPS) is 14.7. The molecule has 0 spiro atoms. The molecular weight excluding hydrogens is 458 g/mol. The minimum Gasteiger partial charge on any atom is -0.360 e. The van der Waals surface area contributed by atoms with E-state index in [4.69, 9.17) is 5.14 Å². The van der Waals surface area contributed by atoms with Crippen LogP contribution in [-0.4, -0.2) is 54.4 Å². The molecule has 34 heavy (non-hydrogen) atoms. The molecule has 1 aliphatic rings.